The second-order valence-electron chi connectivity index (χ2n) is 5.63. The van der Waals surface area contributed by atoms with E-state index in [1.54, 1.807) is 0 Å². The van der Waals surface area contributed by atoms with E-state index in [2.05, 4.69) is 4.72 Å². The first-order valence-electron chi connectivity index (χ1n) is 7.42. The molecule has 126 valence electrons. The highest BCUT2D eigenvalue weighted by Gasteiger charge is 2.30. The molecule has 0 saturated heterocycles. The standard InChI is InChI=1S/C16H15ClN2O4S/c17-12-8-9-16(15(10-12)19(20)21)24(22,23)18-14-7-3-5-11-4-1-2-6-13(11)14/h1-2,4,6,8-10,14,18H,3,5,7H2/t14-/m0/s1. The van der Waals surface area contributed by atoms with Crippen molar-refractivity contribution in [3.05, 3.63) is 68.7 Å². The number of halogens is 1. The van der Waals surface area contributed by atoms with E-state index in [9.17, 15) is 18.5 Å². The molecule has 24 heavy (non-hydrogen) atoms. The minimum Gasteiger partial charge on any atom is -0.258 e. The molecule has 3 rings (SSSR count). The van der Waals surface area contributed by atoms with Crippen LogP contribution in [0.25, 0.3) is 0 Å². The molecule has 0 spiro atoms. The first-order valence-corrected chi connectivity index (χ1v) is 9.28. The molecule has 2 aromatic rings. The fraction of sp³-hybridized carbons (Fsp3) is 0.250. The molecule has 0 heterocycles. The summed E-state index contributed by atoms with van der Waals surface area (Å²) in [6.45, 7) is 0. The number of benzene rings is 2. The average molecular weight is 367 g/mol. The van der Waals surface area contributed by atoms with Crippen LogP contribution in [-0.4, -0.2) is 13.3 Å². The second-order valence-corrected chi connectivity index (χ2v) is 7.75. The number of nitrogens with one attached hydrogen (secondary N) is 1. The zero-order chi connectivity index (χ0) is 17.3. The first-order chi connectivity index (χ1) is 11.4. The highest BCUT2D eigenvalue weighted by molar-refractivity contribution is 7.89. The molecule has 0 aliphatic heterocycles. The first kappa shape index (κ1) is 16.9. The number of hydrogen-bond acceptors (Lipinski definition) is 4. The van der Waals surface area contributed by atoms with Crippen molar-refractivity contribution < 1.29 is 13.3 Å². The zero-order valence-electron chi connectivity index (χ0n) is 12.6. The molecule has 6 nitrogen and oxygen atoms in total. The summed E-state index contributed by atoms with van der Waals surface area (Å²) in [4.78, 5) is 10.1. The van der Waals surface area contributed by atoms with Gasteiger partial charge < -0.3 is 0 Å². The van der Waals surface area contributed by atoms with Crippen LogP contribution >= 0.6 is 11.6 Å². The van der Waals surface area contributed by atoms with Crippen LogP contribution in [0.5, 0.6) is 0 Å². The number of nitro groups is 1. The van der Waals surface area contributed by atoms with Gasteiger partial charge in [-0.1, -0.05) is 35.9 Å². The Morgan fingerprint density at radius 2 is 1.96 bits per heavy atom. The van der Waals surface area contributed by atoms with Crippen molar-refractivity contribution in [1.29, 1.82) is 0 Å². The molecule has 0 radical (unpaired) electrons. The number of hydrogen-bond donors (Lipinski definition) is 1. The van der Waals surface area contributed by atoms with Gasteiger partial charge in [0.25, 0.3) is 5.69 Å². The molecule has 1 N–H and O–H groups in total. The van der Waals surface area contributed by atoms with Crippen LogP contribution in [-0.2, 0) is 16.4 Å². The van der Waals surface area contributed by atoms with Crippen molar-refractivity contribution >= 4 is 27.3 Å². The summed E-state index contributed by atoms with van der Waals surface area (Å²) in [6.07, 6.45) is 2.40. The Kier molecular flexibility index (Phi) is 4.58. The SMILES string of the molecule is O=[N+]([O-])c1cc(Cl)ccc1S(=O)(=O)N[C@H]1CCCc2ccccc21. The number of sulfonamides is 1. The summed E-state index contributed by atoms with van der Waals surface area (Å²) in [6, 6.07) is 10.8. The molecule has 1 aliphatic carbocycles. The van der Waals surface area contributed by atoms with E-state index in [0.29, 0.717) is 6.42 Å². The third kappa shape index (κ3) is 3.28. The average Bonchev–Trinajstić information content (AvgIpc) is 2.54. The number of nitro benzene ring substituents is 1. The largest absolute Gasteiger partial charge is 0.290 e. The fourth-order valence-electron chi connectivity index (χ4n) is 2.99. The maximum absolute atomic E-state index is 12.7. The molecule has 0 aromatic heterocycles. The molecule has 2 aromatic carbocycles. The van der Waals surface area contributed by atoms with E-state index in [-0.39, 0.29) is 9.92 Å². The molecule has 1 aliphatic rings. The van der Waals surface area contributed by atoms with Crippen LogP contribution in [0.1, 0.15) is 30.0 Å². The summed E-state index contributed by atoms with van der Waals surface area (Å²) in [5, 5.41) is 11.3. The van der Waals surface area contributed by atoms with Gasteiger partial charge in [-0.15, -0.1) is 0 Å². The Labute approximate surface area is 144 Å². The van der Waals surface area contributed by atoms with Crippen LogP contribution in [0.3, 0.4) is 0 Å². The van der Waals surface area contributed by atoms with Crippen LogP contribution < -0.4 is 4.72 Å². The van der Waals surface area contributed by atoms with Crippen LogP contribution in [0, 0.1) is 10.1 Å². The van der Waals surface area contributed by atoms with Crippen molar-refractivity contribution in [2.24, 2.45) is 0 Å². The number of nitrogens with zero attached hydrogens (tertiary/aromatic N) is 1. The minimum atomic E-state index is -4.05. The van der Waals surface area contributed by atoms with Gasteiger partial charge in [-0.2, -0.15) is 0 Å². The molecule has 0 unspecified atom stereocenters. The highest BCUT2D eigenvalue weighted by atomic mass is 35.5. The molecule has 8 heteroatoms. The van der Waals surface area contributed by atoms with E-state index in [4.69, 9.17) is 11.6 Å². The molecular weight excluding hydrogens is 352 g/mol. The quantitative estimate of drug-likeness (QED) is 0.661. The van der Waals surface area contributed by atoms with Crippen molar-refractivity contribution in [3.63, 3.8) is 0 Å². The maximum atomic E-state index is 12.7. The lowest BCUT2D eigenvalue weighted by atomic mass is 9.88. The van der Waals surface area contributed by atoms with Crippen molar-refractivity contribution in [1.82, 2.24) is 4.72 Å². The van der Waals surface area contributed by atoms with Crippen molar-refractivity contribution in [2.45, 2.75) is 30.2 Å². The molecule has 0 bridgehead atoms. The monoisotopic (exact) mass is 366 g/mol. The van der Waals surface area contributed by atoms with Crippen LogP contribution in [0.15, 0.2) is 47.4 Å². The van der Waals surface area contributed by atoms with Gasteiger partial charge in [0.05, 0.1) is 4.92 Å². The normalized spacial score (nSPS) is 17.3. The fourth-order valence-corrected chi connectivity index (χ4v) is 4.56. The lowest BCUT2D eigenvalue weighted by molar-refractivity contribution is -0.387. The van der Waals surface area contributed by atoms with Gasteiger partial charge in [-0.05, 0) is 42.5 Å². The third-order valence-electron chi connectivity index (χ3n) is 4.07. The predicted molar refractivity (Wildman–Crippen MR) is 90.5 cm³/mol. The van der Waals surface area contributed by atoms with E-state index in [0.717, 1.165) is 36.1 Å². The molecule has 0 fully saturated rings. The van der Waals surface area contributed by atoms with Gasteiger partial charge >= 0.3 is 0 Å². The highest BCUT2D eigenvalue weighted by Crippen LogP contribution is 2.33. The van der Waals surface area contributed by atoms with E-state index >= 15 is 0 Å². The Bertz CT molecular complexity index is 899. The van der Waals surface area contributed by atoms with E-state index in [1.165, 1.54) is 6.07 Å². The Balaban J connectivity index is 1.98. The Morgan fingerprint density at radius 3 is 2.71 bits per heavy atom. The Morgan fingerprint density at radius 1 is 1.21 bits per heavy atom. The number of rotatable bonds is 4. The third-order valence-corrected chi connectivity index (χ3v) is 5.83. The summed E-state index contributed by atoms with van der Waals surface area (Å²) in [5.41, 5.74) is 1.49. The lowest BCUT2D eigenvalue weighted by Gasteiger charge is -2.26. The maximum Gasteiger partial charge on any atom is 0.290 e. The van der Waals surface area contributed by atoms with Gasteiger partial charge in [0.1, 0.15) is 0 Å². The van der Waals surface area contributed by atoms with Gasteiger partial charge in [-0.25, -0.2) is 13.1 Å². The number of aryl methyl sites for hydroxylation is 1. The van der Waals surface area contributed by atoms with Crippen LogP contribution in [0.2, 0.25) is 5.02 Å². The van der Waals surface area contributed by atoms with Gasteiger partial charge in [-0.3, -0.25) is 10.1 Å². The van der Waals surface area contributed by atoms with Crippen molar-refractivity contribution in [2.75, 3.05) is 0 Å². The zero-order valence-corrected chi connectivity index (χ0v) is 14.2. The molecule has 0 saturated carbocycles. The van der Waals surface area contributed by atoms with E-state index in [1.807, 2.05) is 24.3 Å². The Hall–Kier alpha value is -1.96. The number of fused-ring (bicyclic) bond motifs is 1. The lowest BCUT2D eigenvalue weighted by Crippen LogP contribution is -2.31. The van der Waals surface area contributed by atoms with E-state index < -0.39 is 26.7 Å². The molecule has 1 atom stereocenters. The predicted octanol–water partition coefficient (Wildman–Crippen LogP) is 3.60. The smallest absolute Gasteiger partial charge is 0.258 e. The summed E-state index contributed by atoms with van der Waals surface area (Å²) in [5.74, 6) is 0. The second kappa shape index (κ2) is 6.51. The topological polar surface area (TPSA) is 89.3 Å². The van der Waals surface area contributed by atoms with Gasteiger partial charge in [0, 0.05) is 17.1 Å². The molecule has 0 amide bonds. The van der Waals surface area contributed by atoms with Crippen LogP contribution in [0.4, 0.5) is 5.69 Å². The van der Waals surface area contributed by atoms with Crippen molar-refractivity contribution in [3.8, 4) is 0 Å². The van der Waals surface area contributed by atoms with Gasteiger partial charge in [0.2, 0.25) is 10.0 Å². The summed E-state index contributed by atoms with van der Waals surface area (Å²) >= 11 is 5.75. The minimum absolute atomic E-state index is 0.115. The van der Waals surface area contributed by atoms with Gasteiger partial charge in [0.15, 0.2) is 4.90 Å². The summed E-state index contributed by atoms with van der Waals surface area (Å²) < 4.78 is 28.0. The summed E-state index contributed by atoms with van der Waals surface area (Å²) in [7, 11) is -4.05. The molecular formula is C16H15ClN2O4S.